The van der Waals surface area contributed by atoms with E-state index in [1.165, 1.54) is 5.56 Å². The summed E-state index contributed by atoms with van der Waals surface area (Å²) in [5, 5.41) is 3.98. The summed E-state index contributed by atoms with van der Waals surface area (Å²) in [6.07, 6.45) is 3.93. The predicted octanol–water partition coefficient (Wildman–Crippen LogP) is 3.18. The average molecular weight is 412 g/mol. The van der Waals surface area contributed by atoms with Gasteiger partial charge in [0.05, 0.1) is 6.04 Å². The molecule has 5 rings (SSSR count). The molecule has 2 amide bonds. The summed E-state index contributed by atoms with van der Waals surface area (Å²) in [4.78, 5) is 19.0. The summed E-state index contributed by atoms with van der Waals surface area (Å²) in [5.74, 6) is 0.957. The van der Waals surface area contributed by atoms with Gasteiger partial charge in [0, 0.05) is 42.1 Å². The number of urea groups is 1. The number of halogens is 1. The van der Waals surface area contributed by atoms with Crippen LogP contribution in [0.1, 0.15) is 35.7 Å². The molecule has 6 nitrogen and oxygen atoms in total. The maximum atomic E-state index is 12.7. The number of benzene rings is 1. The van der Waals surface area contributed by atoms with Crippen molar-refractivity contribution in [3.8, 4) is 0 Å². The van der Waals surface area contributed by atoms with Crippen molar-refractivity contribution in [3.05, 3.63) is 64.4 Å². The summed E-state index contributed by atoms with van der Waals surface area (Å²) >= 11 is 5.99. The van der Waals surface area contributed by atoms with E-state index < -0.39 is 0 Å². The quantitative estimate of drug-likeness (QED) is 0.725. The summed E-state index contributed by atoms with van der Waals surface area (Å²) in [5.41, 5.74) is 10.4. The molecule has 5 unspecified atom stereocenters. The van der Waals surface area contributed by atoms with Gasteiger partial charge in [0.25, 0.3) is 0 Å². The first-order valence-corrected chi connectivity index (χ1v) is 10.7. The average Bonchev–Trinajstić information content (AvgIpc) is 3.11. The van der Waals surface area contributed by atoms with Crippen molar-refractivity contribution in [2.45, 2.75) is 44.4 Å². The van der Waals surface area contributed by atoms with E-state index in [1.807, 2.05) is 42.3 Å². The fourth-order valence-electron chi connectivity index (χ4n) is 5.19. The zero-order valence-corrected chi connectivity index (χ0v) is 17.2. The topological polar surface area (TPSA) is 69.3 Å². The molecule has 1 aromatic heterocycles. The van der Waals surface area contributed by atoms with Crippen LogP contribution < -0.4 is 16.2 Å². The molecule has 3 N–H and O–H groups in total. The lowest BCUT2D eigenvalue weighted by molar-refractivity contribution is 0.0962. The molecule has 5 atom stereocenters. The molecule has 3 heterocycles. The minimum atomic E-state index is 0.0342. The first-order chi connectivity index (χ1) is 14.1. The highest BCUT2D eigenvalue weighted by molar-refractivity contribution is 6.30. The van der Waals surface area contributed by atoms with E-state index in [9.17, 15) is 4.79 Å². The molecule has 7 heteroatoms. The van der Waals surface area contributed by atoms with Crippen LogP contribution in [-0.2, 0) is 6.54 Å². The Hall–Kier alpha value is -2.15. The normalized spacial score (nSPS) is 31.2. The Morgan fingerprint density at radius 2 is 1.97 bits per heavy atom. The minimum Gasteiger partial charge on any atom is -0.335 e. The van der Waals surface area contributed by atoms with Gasteiger partial charge in [-0.3, -0.25) is 10.4 Å². The zero-order valence-electron chi connectivity index (χ0n) is 16.4. The highest BCUT2D eigenvalue weighted by Gasteiger charge is 2.47. The van der Waals surface area contributed by atoms with E-state index in [-0.39, 0.29) is 18.1 Å². The summed E-state index contributed by atoms with van der Waals surface area (Å²) in [6, 6.07) is 12.9. The van der Waals surface area contributed by atoms with Gasteiger partial charge in [-0.15, -0.1) is 0 Å². The van der Waals surface area contributed by atoms with Gasteiger partial charge in [-0.2, -0.15) is 0 Å². The molecule has 2 aromatic rings. The molecular weight excluding hydrogens is 386 g/mol. The largest absolute Gasteiger partial charge is 0.335 e. The molecule has 152 valence electrons. The maximum absolute atomic E-state index is 12.7. The van der Waals surface area contributed by atoms with Gasteiger partial charge >= 0.3 is 6.03 Å². The molecule has 3 aliphatic rings. The van der Waals surface area contributed by atoms with Crippen molar-refractivity contribution >= 4 is 17.6 Å². The van der Waals surface area contributed by atoms with Crippen LogP contribution in [0.3, 0.4) is 0 Å². The van der Waals surface area contributed by atoms with Crippen molar-refractivity contribution in [3.63, 3.8) is 0 Å². The summed E-state index contributed by atoms with van der Waals surface area (Å²) < 4.78 is 0. The van der Waals surface area contributed by atoms with Crippen molar-refractivity contribution in [2.75, 3.05) is 6.54 Å². The third-order valence-electron chi connectivity index (χ3n) is 6.64. The highest BCUT2D eigenvalue weighted by Crippen LogP contribution is 2.41. The van der Waals surface area contributed by atoms with Gasteiger partial charge < -0.3 is 10.2 Å². The fraction of sp³-hybridized carbons (Fsp3) is 0.455. The highest BCUT2D eigenvalue weighted by atomic mass is 35.5. The number of amides is 2. The van der Waals surface area contributed by atoms with Crippen LogP contribution in [0.15, 0.2) is 42.6 Å². The van der Waals surface area contributed by atoms with Crippen LogP contribution in [0.4, 0.5) is 4.79 Å². The van der Waals surface area contributed by atoms with Crippen LogP contribution in [-0.4, -0.2) is 34.5 Å². The molecule has 3 fully saturated rings. The summed E-state index contributed by atoms with van der Waals surface area (Å²) in [7, 11) is 0. The molecular formula is C22H26ClN5O. The van der Waals surface area contributed by atoms with E-state index >= 15 is 0 Å². The fourth-order valence-corrected chi connectivity index (χ4v) is 5.32. The molecule has 0 spiro atoms. The van der Waals surface area contributed by atoms with E-state index in [0.717, 1.165) is 30.6 Å². The first-order valence-electron chi connectivity index (χ1n) is 10.3. The number of aryl methyl sites for hydroxylation is 1. The Bertz CT molecular complexity index is 904. The van der Waals surface area contributed by atoms with Crippen molar-refractivity contribution in [2.24, 2.45) is 11.8 Å². The van der Waals surface area contributed by atoms with Crippen molar-refractivity contribution in [1.82, 2.24) is 26.1 Å². The van der Waals surface area contributed by atoms with Crippen molar-refractivity contribution in [1.29, 1.82) is 0 Å². The molecule has 1 aliphatic carbocycles. The van der Waals surface area contributed by atoms with Gasteiger partial charge in [-0.1, -0.05) is 23.7 Å². The minimum absolute atomic E-state index is 0.0342. The van der Waals surface area contributed by atoms with E-state index in [0.29, 0.717) is 29.4 Å². The third kappa shape index (κ3) is 3.72. The number of nitrogens with one attached hydrogen (secondary N) is 3. The van der Waals surface area contributed by atoms with Gasteiger partial charge in [0.2, 0.25) is 0 Å². The lowest BCUT2D eigenvalue weighted by Crippen LogP contribution is -2.60. The van der Waals surface area contributed by atoms with Crippen LogP contribution in [0.25, 0.3) is 0 Å². The molecule has 2 saturated heterocycles. The third-order valence-corrected chi connectivity index (χ3v) is 6.89. The number of hydrogen-bond acceptors (Lipinski definition) is 4. The van der Waals surface area contributed by atoms with Crippen LogP contribution in [0.5, 0.6) is 0 Å². The lowest BCUT2D eigenvalue weighted by atomic mass is 9.71. The predicted molar refractivity (Wildman–Crippen MR) is 112 cm³/mol. The molecule has 0 radical (unpaired) electrons. The smallest absolute Gasteiger partial charge is 0.317 e. The Morgan fingerprint density at radius 1 is 1.14 bits per heavy atom. The second-order valence-electron chi connectivity index (χ2n) is 8.56. The van der Waals surface area contributed by atoms with Crippen molar-refractivity contribution < 1.29 is 4.79 Å². The number of pyridine rings is 1. The van der Waals surface area contributed by atoms with Gasteiger partial charge in [0.1, 0.15) is 0 Å². The molecule has 29 heavy (non-hydrogen) atoms. The first kappa shape index (κ1) is 18.9. The Morgan fingerprint density at radius 3 is 2.76 bits per heavy atom. The van der Waals surface area contributed by atoms with Gasteiger partial charge in [-0.25, -0.2) is 10.2 Å². The number of aromatic nitrogens is 1. The second kappa shape index (κ2) is 7.59. The molecule has 0 bridgehead atoms. The number of nitrogens with zero attached hydrogens (tertiary/aromatic N) is 2. The Kier molecular flexibility index (Phi) is 4.94. The zero-order chi connectivity index (χ0) is 20.0. The Balaban J connectivity index is 1.31. The second-order valence-corrected chi connectivity index (χ2v) is 9.00. The lowest BCUT2D eigenvalue weighted by Gasteiger charge is -2.45. The van der Waals surface area contributed by atoms with Crippen LogP contribution >= 0.6 is 11.6 Å². The van der Waals surface area contributed by atoms with E-state index in [2.05, 4.69) is 33.3 Å². The molecule has 2 aliphatic heterocycles. The number of hydrazine groups is 1. The van der Waals surface area contributed by atoms with Crippen LogP contribution in [0.2, 0.25) is 5.02 Å². The number of carbonyl (C=O) groups is 1. The summed E-state index contributed by atoms with van der Waals surface area (Å²) in [6.45, 7) is 3.44. The SMILES string of the molecule is Cc1cc(C2NNC3CC4NC(=O)N(Cc5ccc(Cl)cc5)CC4CC32)ccn1. The number of rotatable bonds is 3. The van der Waals surface area contributed by atoms with Gasteiger partial charge in [0.15, 0.2) is 0 Å². The Labute approximate surface area is 176 Å². The molecule has 1 aromatic carbocycles. The van der Waals surface area contributed by atoms with E-state index in [4.69, 9.17) is 11.6 Å². The van der Waals surface area contributed by atoms with Crippen LogP contribution in [0, 0.1) is 18.8 Å². The standard InChI is InChI=1S/C22H26ClN5O/c1-13-8-15(6-7-24-13)21-18-9-16-12-28(11-14-2-4-17(23)5-3-14)22(29)25-19(16)10-20(18)26-27-21/h2-8,16,18-21,26-27H,9-12H2,1H3,(H,25,29). The van der Waals surface area contributed by atoms with E-state index in [1.54, 1.807) is 0 Å². The number of hydrogen-bond donors (Lipinski definition) is 3. The monoisotopic (exact) mass is 411 g/mol. The number of fused-ring (bicyclic) bond motifs is 2. The maximum Gasteiger partial charge on any atom is 0.317 e. The number of carbonyl (C=O) groups excluding carboxylic acids is 1. The van der Waals surface area contributed by atoms with Gasteiger partial charge in [-0.05, 0) is 67.0 Å². The molecule has 1 saturated carbocycles.